The maximum atomic E-state index is 13.1. The van der Waals surface area contributed by atoms with E-state index in [0.717, 1.165) is 19.3 Å². The van der Waals surface area contributed by atoms with Crippen LogP contribution >= 0.6 is 0 Å². The van der Waals surface area contributed by atoms with E-state index in [0.29, 0.717) is 23.6 Å². The van der Waals surface area contributed by atoms with Crippen LogP contribution in [0.25, 0.3) is 0 Å². The first-order valence-electron chi connectivity index (χ1n) is 6.24. The molecule has 0 amide bonds. The van der Waals surface area contributed by atoms with Crippen molar-refractivity contribution in [3.8, 4) is 6.07 Å². The van der Waals surface area contributed by atoms with E-state index < -0.39 is 0 Å². The number of ether oxygens (including phenoxy) is 1. The second-order valence-electron chi connectivity index (χ2n) is 4.69. The molecule has 2 unspecified atom stereocenters. The minimum Gasteiger partial charge on any atom is -0.373 e. The lowest BCUT2D eigenvalue weighted by atomic mass is 10.1. The van der Waals surface area contributed by atoms with Crippen LogP contribution in [0.4, 0.5) is 4.39 Å². The summed E-state index contributed by atoms with van der Waals surface area (Å²) >= 11 is 0. The van der Waals surface area contributed by atoms with Crippen molar-refractivity contribution in [3.63, 3.8) is 0 Å². The van der Waals surface area contributed by atoms with Gasteiger partial charge in [0.1, 0.15) is 5.82 Å². The number of nitriles is 1. The second-order valence-corrected chi connectivity index (χ2v) is 4.69. The van der Waals surface area contributed by atoms with Gasteiger partial charge in [0.15, 0.2) is 0 Å². The number of nitrogens with two attached hydrogens (primary N) is 1. The zero-order chi connectivity index (χ0) is 13.0. The van der Waals surface area contributed by atoms with Gasteiger partial charge in [-0.1, -0.05) is 6.42 Å². The van der Waals surface area contributed by atoms with Gasteiger partial charge in [-0.05, 0) is 49.1 Å². The van der Waals surface area contributed by atoms with Crippen molar-refractivity contribution in [3.05, 3.63) is 35.1 Å². The van der Waals surface area contributed by atoms with E-state index in [2.05, 4.69) is 6.07 Å². The average molecular weight is 248 g/mol. The van der Waals surface area contributed by atoms with Gasteiger partial charge in [0.25, 0.3) is 0 Å². The lowest BCUT2D eigenvalue weighted by Gasteiger charge is -2.19. The predicted molar refractivity (Wildman–Crippen MR) is 66.1 cm³/mol. The molecule has 0 aliphatic heterocycles. The van der Waals surface area contributed by atoms with Gasteiger partial charge in [0.2, 0.25) is 0 Å². The third kappa shape index (κ3) is 2.87. The van der Waals surface area contributed by atoms with Gasteiger partial charge >= 0.3 is 0 Å². The Labute approximate surface area is 106 Å². The summed E-state index contributed by atoms with van der Waals surface area (Å²) in [5, 5.41) is 8.95. The number of benzene rings is 1. The van der Waals surface area contributed by atoms with Crippen LogP contribution in [-0.4, -0.2) is 12.6 Å². The lowest BCUT2D eigenvalue weighted by molar-refractivity contribution is 0.0180. The van der Waals surface area contributed by atoms with Gasteiger partial charge in [-0.25, -0.2) is 4.39 Å². The Morgan fingerprint density at radius 1 is 1.44 bits per heavy atom. The zero-order valence-electron chi connectivity index (χ0n) is 10.2. The van der Waals surface area contributed by atoms with Crippen LogP contribution in [0.5, 0.6) is 0 Å². The molecule has 2 atom stereocenters. The van der Waals surface area contributed by atoms with E-state index in [1.165, 1.54) is 18.2 Å². The standard InChI is InChI=1S/C14H17FN2O/c15-13-5-4-10(7-16)12(6-13)9-18-14-3-1-2-11(14)8-17/h4-6,11,14H,1-3,8-9,17H2. The summed E-state index contributed by atoms with van der Waals surface area (Å²) in [5.74, 6) is 0.0542. The van der Waals surface area contributed by atoms with Crippen LogP contribution in [0.15, 0.2) is 18.2 Å². The number of rotatable bonds is 4. The fourth-order valence-corrected chi connectivity index (χ4v) is 2.48. The van der Waals surface area contributed by atoms with Crippen LogP contribution in [0.2, 0.25) is 0 Å². The van der Waals surface area contributed by atoms with Gasteiger partial charge < -0.3 is 10.5 Å². The Kier molecular flexibility index (Phi) is 4.29. The maximum absolute atomic E-state index is 13.1. The summed E-state index contributed by atoms with van der Waals surface area (Å²) in [5.41, 5.74) is 6.76. The summed E-state index contributed by atoms with van der Waals surface area (Å²) in [6.07, 6.45) is 3.36. The molecule has 1 aliphatic rings. The first kappa shape index (κ1) is 13.0. The van der Waals surface area contributed by atoms with Gasteiger partial charge in [0, 0.05) is 0 Å². The van der Waals surface area contributed by atoms with Crippen molar-refractivity contribution in [2.45, 2.75) is 32.0 Å². The molecule has 3 nitrogen and oxygen atoms in total. The van der Waals surface area contributed by atoms with Crippen LogP contribution < -0.4 is 5.73 Å². The smallest absolute Gasteiger partial charge is 0.123 e. The van der Waals surface area contributed by atoms with Crippen LogP contribution in [0.3, 0.4) is 0 Å². The SMILES string of the molecule is N#Cc1ccc(F)cc1COC1CCCC1CN. The Morgan fingerprint density at radius 3 is 3.00 bits per heavy atom. The van der Waals surface area contributed by atoms with E-state index in [-0.39, 0.29) is 18.5 Å². The van der Waals surface area contributed by atoms with E-state index in [4.69, 9.17) is 15.7 Å². The van der Waals surface area contributed by atoms with E-state index >= 15 is 0 Å². The predicted octanol–water partition coefficient (Wildman–Crippen LogP) is 2.34. The van der Waals surface area contributed by atoms with Gasteiger partial charge in [-0.3, -0.25) is 0 Å². The summed E-state index contributed by atoms with van der Waals surface area (Å²) < 4.78 is 18.9. The average Bonchev–Trinajstić information content (AvgIpc) is 2.84. The van der Waals surface area contributed by atoms with Crippen molar-refractivity contribution in [1.82, 2.24) is 0 Å². The van der Waals surface area contributed by atoms with Crippen molar-refractivity contribution < 1.29 is 9.13 Å². The van der Waals surface area contributed by atoms with E-state index in [1.807, 2.05) is 0 Å². The number of hydrogen-bond acceptors (Lipinski definition) is 3. The molecule has 0 spiro atoms. The van der Waals surface area contributed by atoms with Gasteiger partial charge in [0.05, 0.1) is 24.3 Å². The lowest BCUT2D eigenvalue weighted by Crippen LogP contribution is -2.25. The molecule has 0 aromatic heterocycles. The molecule has 2 N–H and O–H groups in total. The van der Waals surface area contributed by atoms with Crippen LogP contribution in [-0.2, 0) is 11.3 Å². The third-order valence-corrected chi connectivity index (χ3v) is 3.53. The highest BCUT2D eigenvalue weighted by atomic mass is 19.1. The molecule has 18 heavy (non-hydrogen) atoms. The van der Waals surface area contributed by atoms with Gasteiger partial charge in [-0.2, -0.15) is 5.26 Å². The van der Waals surface area contributed by atoms with Crippen molar-refractivity contribution in [2.24, 2.45) is 11.7 Å². The zero-order valence-corrected chi connectivity index (χ0v) is 10.2. The molecule has 1 aromatic rings. The molecule has 1 fully saturated rings. The highest BCUT2D eigenvalue weighted by Crippen LogP contribution is 2.28. The highest BCUT2D eigenvalue weighted by Gasteiger charge is 2.26. The number of halogens is 1. The fraction of sp³-hybridized carbons (Fsp3) is 0.500. The third-order valence-electron chi connectivity index (χ3n) is 3.53. The molecule has 2 rings (SSSR count). The van der Waals surface area contributed by atoms with E-state index in [9.17, 15) is 4.39 Å². The highest BCUT2D eigenvalue weighted by molar-refractivity contribution is 5.37. The molecule has 0 saturated heterocycles. The molecule has 0 heterocycles. The first-order valence-corrected chi connectivity index (χ1v) is 6.24. The Bertz CT molecular complexity index is 456. The van der Waals surface area contributed by atoms with Crippen molar-refractivity contribution in [2.75, 3.05) is 6.54 Å². The number of hydrogen-bond donors (Lipinski definition) is 1. The molecule has 1 saturated carbocycles. The Balaban J connectivity index is 2.02. The minimum absolute atomic E-state index is 0.143. The molecule has 1 aromatic carbocycles. The molecule has 96 valence electrons. The molecule has 1 aliphatic carbocycles. The van der Waals surface area contributed by atoms with Crippen LogP contribution in [0, 0.1) is 23.1 Å². The largest absolute Gasteiger partial charge is 0.373 e. The fourth-order valence-electron chi connectivity index (χ4n) is 2.48. The summed E-state index contributed by atoms with van der Waals surface area (Å²) in [4.78, 5) is 0. The molecule has 4 heteroatoms. The number of nitrogens with zero attached hydrogens (tertiary/aromatic N) is 1. The Hall–Kier alpha value is -1.44. The molecular formula is C14H17FN2O. The van der Waals surface area contributed by atoms with Gasteiger partial charge in [-0.15, -0.1) is 0 Å². The van der Waals surface area contributed by atoms with Crippen molar-refractivity contribution in [1.29, 1.82) is 5.26 Å². The minimum atomic E-state index is -0.339. The molecule has 0 bridgehead atoms. The molecule has 0 radical (unpaired) electrons. The first-order chi connectivity index (χ1) is 8.74. The Morgan fingerprint density at radius 2 is 2.28 bits per heavy atom. The topological polar surface area (TPSA) is 59.0 Å². The maximum Gasteiger partial charge on any atom is 0.123 e. The summed E-state index contributed by atoms with van der Waals surface area (Å²) in [6, 6.07) is 6.20. The monoisotopic (exact) mass is 248 g/mol. The summed E-state index contributed by atoms with van der Waals surface area (Å²) in [6.45, 7) is 0.904. The van der Waals surface area contributed by atoms with E-state index in [1.54, 1.807) is 0 Å². The van der Waals surface area contributed by atoms with Crippen LogP contribution in [0.1, 0.15) is 30.4 Å². The second kappa shape index (κ2) is 5.94. The summed E-state index contributed by atoms with van der Waals surface area (Å²) in [7, 11) is 0. The quantitative estimate of drug-likeness (QED) is 0.889. The van der Waals surface area contributed by atoms with Crippen molar-refractivity contribution >= 4 is 0 Å². The normalized spacial score (nSPS) is 22.9. The molecular weight excluding hydrogens is 231 g/mol.